The molecule has 2 rings (SSSR count). The summed E-state index contributed by atoms with van der Waals surface area (Å²) in [5.74, 6) is 0. The predicted molar refractivity (Wildman–Crippen MR) is 84.5 cm³/mol. The first-order valence-electron chi connectivity index (χ1n) is 6.69. The normalized spacial score (nSPS) is 13.8. The van der Waals surface area contributed by atoms with E-state index in [0.717, 1.165) is 11.1 Å². The highest BCUT2D eigenvalue weighted by Crippen LogP contribution is 2.51. The minimum atomic E-state index is -3.20. The first kappa shape index (κ1) is 16.3. The summed E-state index contributed by atoms with van der Waals surface area (Å²) in [7, 11) is -3.20. The van der Waals surface area contributed by atoms with Crippen LogP contribution in [0, 0.1) is 6.07 Å². The molecule has 0 aliphatic heterocycles. The van der Waals surface area contributed by atoms with Gasteiger partial charge >= 0.3 is 7.60 Å². The van der Waals surface area contributed by atoms with E-state index in [1.807, 2.05) is 30.3 Å². The maximum absolute atomic E-state index is 12.7. The van der Waals surface area contributed by atoms with E-state index >= 15 is 0 Å². The van der Waals surface area contributed by atoms with Crippen LogP contribution in [0.3, 0.4) is 0 Å². The van der Waals surface area contributed by atoms with Crippen molar-refractivity contribution in [1.82, 2.24) is 0 Å². The Kier molecular flexibility index (Phi) is 6.01. The lowest BCUT2D eigenvalue weighted by Crippen LogP contribution is -2.00. The number of rotatable bonds is 7. The lowest BCUT2D eigenvalue weighted by Gasteiger charge is -2.18. The molecule has 2 aromatic rings. The summed E-state index contributed by atoms with van der Waals surface area (Å²) in [5.41, 5.74) is 1.67. The number of halogens is 1. The molecule has 0 spiro atoms. The molecule has 0 aliphatic carbocycles. The van der Waals surface area contributed by atoms with Crippen LogP contribution in [0.5, 0.6) is 0 Å². The summed E-state index contributed by atoms with van der Waals surface area (Å²) < 4.78 is 23.7. The van der Waals surface area contributed by atoms with Gasteiger partial charge in [0.05, 0.1) is 19.4 Å². The molecule has 2 aromatic carbocycles. The van der Waals surface area contributed by atoms with Crippen molar-refractivity contribution in [3.63, 3.8) is 0 Å². The topological polar surface area (TPSA) is 35.5 Å². The highest BCUT2D eigenvalue weighted by atomic mass is 35.5. The van der Waals surface area contributed by atoms with E-state index in [-0.39, 0.29) is 12.8 Å². The molecular formula is C16H17ClO3P. The molecule has 1 atom stereocenters. The Morgan fingerprint density at radius 2 is 2.05 bits per heavy atom. The summed E-state index contributed by atoms with van der Waals surface area (Å²) in [4.78, 5) is 0. The molecule has 1 radical (unpaired) electrons. The summed E-state index contributed by atoms with van der Waals surface area (Å²) in [6.45, 7) is 2.33. The molecule has 0 fully saturated rings. The average Bonchev–Trinajstić information content (AvgIpc) is 2.47. The second-order valence-electron chi connectivity index (χ2n) is 4.48. The van der Waals surface area contributed by atoms with Gasteiger partial charge in [-0.2, -0.15) is 0 Å². The Hall–Kier alpha value is -1.12. The minimum absolute atomic E-state index is 0.199. The Morgan fingerprint density at radius 3 is 2.71 bits per heavy atom. The highest BCUT2D eigenvalue weighted by Gasteiger charge is 2.24. The molecule has 0 N–H and O–H groups in total. The highest BCUT2D eigenvalue weighted by molar-refractivity contribution is 7.53. The van der Waals surface area contributed by atoms with E-state index in [2.05, 4.69) is 6.07 Å². The standard InChI is InChI=1S/C16H17ClO3P/c1-2-19-21(18,13-14-7-4-3-5-8-14)20-12-15-9-6-10-16(17)11-15/h3-7,9-11H,2,12-13H2,1H3. The van der Waals surface area contributed by atoms with E-state index < -0.39 is 7.60 Å². The molecule has 0 saturated carbocycles. The van der Waals surface area contributed by atoms with Gasteiger partial charge in [-0.3, -0.25) is 4.57 Å². The summed E-state index contributed by atoms with van der Waals surface area (Å²) in [6.07, 6.45) is 0.211. The maximum Gasteiger partial charge on any atom is 0.335 e. The van der Waals surface area contributed by atoms with Gasteiger partial charge in [0, 0.05) is 5.02 Å². The first-order valence-corrected chi connectivity index (χ1v) is 8.80. The number of hydrogen-bond donors (Lipinski definition) is 0. The zero-order chi connectivity index (χ0) is 15.1. The van der Waals surface area contributed by atoms with Crippen molar-refractivity contribution in [3.05, 3.63) is 70.7 Å². The second-order valence-corrected chi connectivity index (χ2v) is 6.97. The molecular weight excluding hydrogens is 307 g/mol. The fourth-order valence-corrected chi connectivity index (χ4v) is 3.69. The molecule has 3 nitrogen and oxygen atoms in total. The van der Waals surface area contributed by atoms with Crippen LogP contribution in [0.15, 0.2) is 48.5 Å². The van der Waals surface area contributed by atoms with Gasteiger partial charge in [0.25, 0.3) is 0 Å². The predicted octanol–water partition coefficient (Wildman–Crippen LogP) is 5.09. The Labute approximate surface area is 130 Å². The van der Waals surface area contributed by atoms with Crippen LogP contribution < -0.4 is 0 Å². The van der Waals surface area contributed by atoms with Crippen LogP contribution in [0.2, 0.25) is 5.02 Å². The van der Waals surface area contributed by atoms with Crippen LogP contribution in [0.4, 0.5) is 0 Å². The minimum Gasteiger partial charge on any atom is -0.309 e. The molecule has 0 amide bonds. The molecule has 0 aromatic heterocycles. The van der Waals surface area contributed by atoms with E-state index in [1.165, 1.54) is 0 Å². The van der Waals surface area contributed by atoms with Gasteiger partial charge < -0.3 is 9.05 Å². The molecule has 21 heavy (non-hydrogen) atoms. The summed E-state index contributed by atoms with van der Waals surface area (Å²) in [5, 5.41) is 0.624. The summed E-state index contributed by atoms with van der Waals surface area (Å²) >= 11 is 5.92. The lowest BCUT2D eigenvalue weighted by atomic mass is 10.2. The van der Waals surface area contributed by atoms with Crippen molar-refractivity contribution < 1.29 is 13.6 Å². The van der Waals surface area contributed by atoms with Gasteiger partial charge in [-0.1, -0.05) is 48.0 Å². The molecule has 1 unspecified atom stereocenters. The second kappa shape index (κ2) is 7.77. The third-order valence-electron chi connectivity index (χ3n) is 2.78. The van der Waals surface area contributed by atoms with Gasteiger partial charge in [0.2, 0.25) is 0 Å². The SMILES string of the molecule is CCOP(=O)(Cc1[c]cccc1)OCc1cccc(Cl)c1. The zero-order valence-corrected chi connectivity index (χ0v) is 13.4. The van der Waals surface area contributed by atoms with Gasteiger partial charge in [0.1, 0.15) is 0 Å². The first-order chi connectivity index (χ1) is 10.1. The van der Waals surface area contributed by atoms with Crippen molar-refractivity contribution in [2.45, 2.75) is 19.7 Å². The van der Waals surface area contributed by atoms with Crippen molar-refractivity contribution in [1.29, 1.82) is 0 Å². The van der Waals surface area contributed by atoms with Crippen LogP contribution in [-0.2, 0) is 26.4 Å². The molecule has 111 valence electrons. The van der Waals surface area contributed by atoms with Crippen molar-refractivity contribution in [3.8, 4) is 0 Å². The quantitative estimate of drug-likeness (QED) is 0.666. The van der Waals surface area contributed by atoms with Gasteiger partial charge in [-0.05, 0) is 36.2 Å². The van der Waals surface area contributed by atoms with Crippen LogP contribution in [0.25, 0.3) is 0 Å². The third kappa shape index (κ3) is 5.29. The van der Waals surface area contributed by atoms with E-state index in [4.69, 9.17) is 20.6 Å². The average molecular weight is 324 g/mol. The fraction of sp³-hybridized carbons (Fsp3) is 0.250. The largest absolute Gasteiger partial charge is 0.335 e. The van der Waals surface area contributed by atoms with Crippen LogP contribution in [-0.4, -0.2) is 6.61 Å². The zero-order valence-electron chi connectivity index (χ0n) is 11.8. The van der Waals surface area contributed by atoms with Gasteiger partial charge in [-0.15, -0.1) is 0 Å². The Morgan fingerprint density at radius 1 is 1.19 bits per heavy atom. The number of benzene rings is 2. The van der Waals surface area contributed by atoms with E-state index in [0.29, 0.717) is 11.6 Å². The summed E-state index contributed by atoms with van der Waals surface area (Å²) in [6, 6.07) is 17.7. The van der Waals surface area contributed by atoms with Crippen molar-refractivity contribution in [2.75, 3.05) is 6.61 Å². The fourth-order valence-electron chi connectivity index (χ4n) is 1.86. The monoisotopic (exact) mass is 323 g/mol. The maximum atomic E-state index is 12.7. The van der Waals surface area contributed by atoms with Gasteiger partial charge in [0.15, 0.2) is 0 Å². The lowest BCUT2D eigenvalue weighted by molar-refractivity contribution is 0.203. The molecule has 0 saturated heterocycles. The third-order valence-corrected chi connectivity index (χ3v) is 4.92. The molecule has 5 heteroatoms. The van der Waals surface area contributed by atoms with Crippen LogP contribution in [0.1, 0.15) is 18.1 Å². The van der Waals surface area contributed by atoms with Crippen LogP contribution >= 0.6 is 19.2 Å². The van der Waals surface area contributed by atoms with Crippen molar-refractivity contribution in [2.24, 2.45) is 0 Å². The molecule has 0 aliphatic rings. The smallest absolute Gasteiger partial charge is 0.309 e. The molecule has 0 heterocycles. The van der Waals surface area contributed by atoms with Crippen molar-refractivity contribution >= 4 is 19.2 Å². The number of hydrogen-bond acceptors (Lipinski definition) is 3. The van der Waals surface area contributed by atoms with Gasteiger partial charge in [-0.25, -0.2) is 0 Å². The Bertz CT molecular complexity index is 616. The van der Waals surface area contributed by atoms with E-state index in [1.54, 1.807) is 25.1 Å². The van der Waals surface area contributed by atoms with E-state index in [9.17, 15) is 4.57 Å². The Balaban J connectivity index is 2.05. The molecule has 0 bridgehead atoms.